The number of benzene rings is 2. The summed E-state index contributed by atoms with van der Waals surface area (Å²) in [6.45, 7) is 0.965. The maximum absolute atomic E-state index is 12.8. The van der Waals surface area contributed by atoms with E-state index in [1.165, 1.54) is 37.3 Å². The van der Waals surface area contributed by atoms with Gasteiger partial charge in [0.2, 0.25) is 0 Å². The number of halogens is 1. The lowest BCUT2D eigenvalue weighted by Crippen LogP contribution is -2.29. The Morgan fingerprint density at radius 3 is 2.64 bits per heavy atom. The molecule has 2 aromatic carbocycles. The standard InChI is InChI=1S/C18H15FN2O4/c1-12(25-16-7-5-14(19)6-8-16)18(23)24-11-17(22)21-15-4-2-3-13(9-15)10-20/h2-9,12H,11H2,1H3,(H,21,22)/t12-/m0/s1. The van der Waals surface area contributed by atoms with E-state index in [1.54, 1.807) is 18.2 Å². The lowest BCUT2D eigenvalue weighted by Gasteiger charge is -2.14. The van der Waals surface area contributed by atoms with Crippen molar-refractivity contribution in [1.29, 1.82) is 5.26 Å². The number of hydrogen-bond acceptors (Lipinski definition) is 5. The second kappa shape index (κ2) is 8.45. The van der Waals surface area contributed by atoms with E-state index in [4.69, 9.17) is 14.7 Å². The number of carbonyl (C=O) groups excluding carboxylic acids is 2. The summed E-state index contributed by atoms with van der Waals surface area (Å²) in [5.74, 6) is -1.38. The van der Waals surface area contributed by atoms with Gasteiger partial charge in [-0.15, -0.1) is 0 Å². The van der Waals surface area contributed by atoms with E-state index < -0.39 is 30.4 Å². The summed E-state index contributed by atoms with van der Waals surface area (Å²) in [7, 11) is 0. The van der Waals surface area contributed by atoms with E-state index >= 15 is 0 Å². The highest BCUT2D eigenvalue weighted by atomic mass is 19.1. The van der Waals surface area contributed by atoms with Crippen molar-refractivity contribution in [2.45, 2.75) is 13.0 Å². The molecule has 0 radical (unpaired) electrons. The molecule has 25 heavy (non-hydrogen) atoms. The molecule has 2 rings (SSSR count). The Labute approximate surface area is 143 Å². The number of nitriles is 1. The van der Waals surface area contributed by atoms with Crippen LogP contribution < -0.4 is 10.1 Å². The minimum Gasteiger partial charge on any atom is -0.479 e. The van der Waals surface area contributed by atoms with Crippen LogP contribution in [-0.2, 0) is 14.3 Å². The first kappa shape index (κ1) is 17.9. The molecule has 1 amide bonds. The average molecular weight is 342 g/mol. The molecule has 0 aliphatic rings. The number of ether oxygens (including phenoxy) is 2. The van der Waals surface area contributed by atoms with Crippen LogP contribution in [0.25, 0.3) is 0 Å². The largest absolute Gasteiger partial charge is 0.479 e. The van der Waals surface area contributed by atoms with Gasteiger partial charge in [-0.1, -0.05) is 6.07 Å². The van der Waals surface area contributed by atoms with Crippen molar-refractivity contribution in [3.8, 4) is 11.8 Å². The van der Waals surface area contributed by atoms with Crippen molar-refractivity contribution in [2.24, 2.45) is 0 Å². The molecule has 0 fully saturated rings. The van der Waals surface area contributed by atoms with Crippen molar-refractivity contribution in [3.05, 3.63) is 59.9 Å². The topological polar surface area (TPSA) is 88.4 Å². The van der Waals surface area contributed by atoms with E-state index in [0.717, 1.165) is 0 Å². The SMILES string of the molecule is C[C@H](Oc1ccc(F)cc1)C(=O)OCC(=O)Nc1cccc(C#N)c1. The Morgan fingerprint density at radius 2 is 1.96 bits per heavy atom. The zero-order valence-corrected chi connectivity index (χ0v) is 13.4. The minimum atomic E-state index is -0.958. The van der Waals surface area contributed by atoms with Gasteiger partial charge in [0.1, 0.15) is 11.6 Å². The second-order valence-corrected chi connectivity index (χ2v) is 5.06. The van der Waals surface area contributed by atoms with Crippen molar-refractivity contribution in [1.82, 2.24) is 0 Å². The summed E-state index contributed by atoms with van der Waals surface area (Å²) < 4.78 is 23.0. The van der Waals surface area contributed by atoms with Crippen molar-refractivity contribution in [3.63, 3.8) is 0 Å². The van der Waals surface area contributed by atoms with Crippen molar-refractivity contribution >= 4 is 17.6 Å². The lowest BCUT2D eigenvalue weighted by atomic mass is 10.2. The first-order valence-corrected chi connectivity index (χ1v) is 7.37. The van der Waals surface area contributed by atoms with Crippen LogP contribution in [0.4, 0.5) is 10.1 Å². The molecule has 0 aliphatic carbocycles. The first-order chi connectivity index (χ1) is 12.0. The van der Waals surface area contributed by atoms with E-state index in [1.807, 2.05) is 6.07 Å². The molecular formula is C18H15FN2O4. The van der Waals surface area contributed by atoms with Crippen LogP contribution in [0.2, 0.25) is 0 Å². The van der Waals surface area contributed by atoms with Crippen LogP contribution in [-0.4, -0.2) is 24.6 Å². The molecule has 0 spiro atoms. The molecule has 7 heteroatoms. The average Bonchev–Trinajstić information content (AvgIpc) is 2.61. The van der Waals surface area contributed by atoms with Gasteiger partial charge in [0.15, 0.2) is 12.7 Å². The highest BCUT2D eigenvalue weighted by Crippen LogP contribution is 2.13. The third-order valence-electron chi connectivity index (χ3n) is 3.08. The summed E-state index contributed by atoms with van der Waals surface area (Å²) >= 11 is 0. The quantitative estimate of drug-likeness (QED) is 0.815. The van der Waals surface area contributed by atoms with E-state index in [-0.39, 0.29) is 0 Å². The fourth-order valence-corrected chi connectivity index (χ4v) is 1.88. The zero-order valence-electron chi connectivity index (χ0n) is 13.4. The van der Waals surface area contributed by atoms with Gasteiger partial charge in [-0.3, -0.25) is 4.79 Å². The Hall–Kier alpha value is -3.40. The Bertz CT molecular complexity index is 799. The summed E-state index contributed by atoms with van der Waals surface area (Å²) in [6, 6.07) is 13.5. The number of esters is 1. The third kappa shape index (κ3) is 5.62. The number of amides is 1. The number of anilines is 1. The van der Waals surface area contributed by atoms with Gasteiger partial charge in [-0.05, 0) is 49.4 Å². The van der Waals surface area contributed by atoms with Crippen LogP contribution in [0.5, 0.6) is 5.75 Å². The fraction of sp³-hybridized carbons (Fsp3) is 0.167. The molecule has 0 saturated heterocycles. The van der Waals surface area contributed by atoms with Gasteiger partial charge in [-0.25, -0.2) is 9.18 Å². The highest BCUT2D eigenvalue weighted by molar-refractivity contribution is 5.93. The van der Waals surface area contributed by atoms with E-state index in [9.17, 15) is 14.0 Å². The van der Waals surface area contributed by atoms with Gasteiger partial charge in [0, 0.05) is 5.69 Å². The Balaban J connectivity index is 1.81. The maximum atomic E-state index is 12.8. The molecule has 0 saturated carbocycles. The molecule has 0 aromatic heterocycles. The fourth-order valence-electron chi connectivity index (χ4n) is 1.88. The van der Waals surface area contributed by atoms with Gasteiger partial charge >= 0.3 is 5.97 Å². The predicted octanol–water partition coefficient (Wildman–Crippen LogP) is 2.65. The molecule has 2 aromatic rings. The summed E-state index contributed by atoms with van der Waals surface area (Å²) in [6.07, 6.45) is -0.958. The van der Waals surface area contributed by atoms with E-state index in [0.29, 0.717) is 17.0 Å². The van der Waals surface area contributed by atoms with Crippen LogP contribution in [0.15, 0.2) is 48.5 Å². The van der Waals surface area contributed by atoms with Crippen LogP contribution in [0.3, 0.4) is 0 Å². The molecule has 1 N–H and O–H groups in total. The summed E-state index contributed by atoms with van der Waals surface area (Å²) in [4.78, 5) is 23.6. The number of hydrogen-bond donors (Lipinski definition) is 1. The van der Waals surface area contributed by atoms with E-state index in [2.05, 4.69) is 5.32 Å². The monoisotopic (exact) mass is 342 g/mol. The summed E-state index contributed by atoms with van der Waals surface area (Å²) in [5.41, 5.74) is 0.826. The molecule has 0 heterocycles. The van der Waals surface area contributed by atoms with Crippen molar-refractivity contribution in [2.75, 3.05) is 11.9 Å². The van der Waals surface area contributed by atoms with Crippen LogP contribution in [0, 0.1) is 17.1 Å². The molecule has 0 bridgehead atoms. The number of rotatable bonds is 6. The molecule has 1 atom stereocenters. The minimum absolute atomic E-state index is 0.309. The zero-order chi connectivity index (χ0) is 18.2. The van der Waals surface area contributed by atoms with Gasteiger partial charge in [0.25, 0.3) is 5.91 Å². The third-order valence-corrected chi connectivity index (χ3v) is 3.08. The number of nitrogens with one attached hydrogen (secondary N) is 1. The van der Waals surface area contributed by atoms with Gasteiger partial charge in [-0.2, -0.15) is 5.26 Å². The molecular weight excluding hydrogens is 327 g/mol. The highest BCUT2D eigenvalue weighted by Gasteiger charge is 2.18. The molecule has 6 nitrogen and oxygen atoms in total. The number of carbonyl (C=O) groups is 2. The van der Waals surface area contributed by atoms with Crippen LogP contribution >= 0.6 is 0 Å². The maximum Gasteiger partial charge on any atom is 0.347 e. The summed E-state index contributed by atoms with van der Waals surface area (Å²) in [5, 5.41) is 11.3. The Morgan fingerprint density at radius 1 is 1.24 bits per heavy atom. The predicted molar refractivity (Wildman–Crippen MR) is 87.2 cm³/mol. The van der Waals surface area contributed by atoms with Crippen LogP contribution in [0.1, 0.15) is 12.5 Å². The smallest absolute Gasteiger partial charge is 0.347 e. The van der Waals surface area contributed by atoms with Gasteiger partial charge < -0.3 is 14.8 Å². The lowest BCUT2D eigenvalue weighted by molar-refractivity contribution is -0.153. The second-order valence-electron chi connectivity index (χ2n) is 5.06. The first-order valence-electron chi connectivity index (χ1n) is 7.37. The molecule has 128 valence electrons. The normalized spacial score (nSPS) is 11.1. The molecule has 0 unspecified atom stereocenters. The number of nitrogens with zero attached hydrogens (tertiary/aromatic N) is 1. The van der Waals surface area contributed by atoms with Gasteiger partial charge in [0.05, 0.1) is 11.6 Å². The van der Waals surface area contributed by atoms with Crippen molar-refractivity contribution < 1.29 is 23.5 Å². The molecule has 0 aliphatic heterocycles. The Kier molecular flexibility index (Phi) is 6.07.